The Kier molecular flexibility index (Phi) is 6.36. The van der Waals surface area contributed by atoms with Gasteiger partial charge in [0.05, 0.1) is 0 Å². The molecule has 0 radical (unpaired) electrons. The molecule has 0 saturated heterocycles. The lowest BCUT2D eigenvalue weighted by atomic mass is 10.1. The molecule has 0 bridgehead atoms. The van der Waals surface area contributed by atoms with Crippen LogP contribution in [-0.4, -0.2) is 11.9 Å². The maximum Gasteiger partial charge on any atom is 0.251 e. The van der Waals surface area contributed by atoms with E-state index in [0.29, 0.717) is 11.3 Å². The summed E-state index contributed by atoms with van der Waals surface area (Å²) in [5.41, 5.74) is 7.83. The SMILES string of the molecule is C=CCC(C)NC(=O)c1cc(N)ccc1C.Cl. The number of nitrogens with one attached hydrogen (secondary N) is 1. The Morgan fingerprint density at radius 2 is 2.24 bits per heavy atom. The Labute approximate surface area is 109 Å². The zero-order chi connectivity index (χ0) is 12.1. The number of carbonyl (C=O) groups is 1. The zero-order valence-corrected chi connectivity index (χ0v) is 11.0. The highest BCUT2D eigenvalue weighted by molar-refractivity contribution is 5.96. The number of hydrogen-bond acceptors (Lipinski definition) is 2. The Hall–Kier alpha value is -1.48. The fourth-order valence-corrected chi connectivity index (χ4v) is 1.49. The van der Waals surface area contributed by atoms with Crippen LogP contribution in [-0.2, 0) is 0 Å². The van der Waals surface area contributed by atoms with Crippen molar-refractivity contribution in [3.05, 3.63) is 42.0 Å². The molecule has 1 aromatic carbocycles. The van der Waals surface area contributed by atoms with E-state index in [9.17, 15) is 4.79 Å². The smallest absolute Gasteiger partial charge is 0.251 e. The molecule has 1 amide bonds. The third-order valence-corrected chi connectivity index (χ3v) is 2.40. The second kappa shape index (κ2) is 6.97. The molecule has 0 fully saturated rings. The van der Waals surface area contributed by atoms with E-state index in [4.69, 9.17) is 5.73 Å². The molecular weight excluding hydrogens is 236 g/mol. The van der Waals surface area contributed by atoms with Gasteiger partial charge in [-0.1, -0.05) is 12.1 Å². The van der Waals surface area contributed by atoms with Crippen molar-refractivity contribution in [2.45, 2.75) is 26.3 Å². The first-order valence-corrected chi connectivity index (χ1v) is 5.32. The molecule has 4 heteroatoms. The van der Waals surface area contributed by atoms with Crippen LogP contribution in [0.4, 0.5) is 5.69 Å². The molecule has 94 valence electrons. The van der Waals surface area contributed by atoms with Gasteiger partial charge >= 0.3 is 0 Å². The van der Waals surface area contributed by atoms with E-state index in [1.807, 2.05) is 19.9 Å². The predicted octanol–water partition coefficient (Wildman–Crippen LogP) is 2.69. The lowest BCUT2D eigenvalue weighted by molar-refractivity contribution is 0.0940. The molecule has 0 aliphatic rings. The van der Waals surface area contributed by atoms with Crippen LogP contribution in [0.3, 0.4) is 0 Å². The van der Waals surface area contributed by atoms with Crippen LogP contribution >= 0.6 is 12.4 Å². The number of rotatable bonds is 4. The Morgan fingerprint density at radius 3 is 2.82 bits per heavy atom. The average molecular weight is 255 g/mol. The van der Waals surface area contributed by atoms with Crippen LogP contribution in [0, 0.1) is 6.92 Å². The molecule has 3 N–H and O–H groups in total. The maximum atomic E-state index is 11.9. The molecule has 1 unspecified atom stereocenters. The molecule has 0 spiro atoms. The van der Waals surface area contributed by atoms with E-state index in [2.05, 4.69) is 11.9 Å². The summed E-state index contributed by atoms with van der Waals surface area (Å²) < 4.78 is 0. The van der Waals surface area contributed by atoms with Crippen molar-refractivity contribution in [3.63, 3.8) is 0 Å². The van der Waals surface area contributed by atoms with Gasteiger partial charge in [-0.25, -0.2) is 0 Å². The van der Waals surface area contributed by atoms with Gasteiger partial charge in [0.25, 0.3) is 5.91 Å². The number of aryl methyl sites for hydroxylation is 1. The molecule has 3 nitrogen and oxygen atoms in total. The quantitative estimate of drug-likeness (QED) is 0.641. The van der Waals surface area contributed by atoms with E-state index in [-0.39, 0.29) is 24.4 Å². The molecule has 1 atom stereocenters. The number of halogens is 1. The molecule has 0 heterocycles. The van der Waals surface area contributed by atoms with Crippen molar-refractivity contribution in [2.75, 3.05) is 5.73 Å². The van der Waals surface area contributed by atoms with Crippen LogP contribution in [0.1, 0.15) is 29.3 Å². The van der Waals surface area contributed by atoms with Crippen molar-refractivity contribution in [3.8, 4) is 0 Å². The Balaban J connectivity index is 0.00000256. The summed E-state index contributed by atoms with van der Waals surface area (Å²) in [5, 5.41) is 2.90. The topological polar surface area (TPSA) is 55.1 Å². The number of nitrogen functional groups attached to an aromatic ring is 1. The van der Waals surface area contributed by atoms with Crippen molar-refractivity contribution >= 4 is 24.0 Å². The Bertz CT molecular complexity index is 404. The van der Waals surface area contributed by atoms with Crippen molar-refractivity contribution in [1.82, 2.24) is 5.32 Å². The number of hydrogen-bond donors (Lipinski definition) is 2. The second-order valence-corrected chi connectivity index (χ2v) is 3.97. The van der Waals surface area contributed by atoms with Crippen LogP contribution in [0.15, 0.2) is 30.9 Å². The molecule has 0 aliphatic carbocycles. The van der Waals surface area contributed by atoms with E-state index < -0.39 is 0 Å². The normalized spacial score (nSPS) is 11.2. The summed E-state index contributed by atoms with van der Waals surface area (Å²) in [4.78, 5) is 11.9. The Morgan fingerprint density at radius 1 is 1.59 bits per heavy atom. The van der Waals surface area contributed by atoms with E-state index >= 15 is 0 Å². The molecule has 1 aromatic rings. The first kappa shape index (κ1) is 15.5. The van der Waals surface area contributed by atoms with E-state index in [1.165, 1.54) is 0 Å². The van der Waals surface area contributed by atoms with Gasteiger partial charge in [-0.3, -0.25) is 4.79 Å². The summed E-state index contributed by atoms with van der Waals surface area (Å²) in [7, 11) is 0. The van der Waals surface area contributed by atoms with Crippen LogP contribution < -0.4 is 11.1 Å². The molecule has 0 aromatic heterocycles. The third-order valence-electron chi connectivity index (χ3n) is 2.40. The minimum atomic E-state index is -0.0841. The number of anilines is 1. The first-order chi connectivity index (χ1) is 7.54. The molecule has 17 heavy (non-hydrogen) atoms. The summed E-state index contributed by atoms with van der Waals surface area (Å²) in [5.74, 6) is -0.0841. The van der Waals surface area contributed by atoms with Gasteiger partial charge in [0.15, 0.2) is 0 Å². The largest absolute Gasteiger partial charge is 0.399 e. The fourth-order valence-electron chi connectivity index (χ4n) is 1.49. The highest BCUT2D eigenvalue weighted by atomic mass is 35.5. The number of carbonyl (C=O) groups excluding carboxylic acids is 1. The highest BCUT2D eigenvalue weighted by Gasteiger charge is 2.11. The van der Waals surface area contributed by atoms with Gasteiger partial charge in [-0.15, -0.1) is 19.0 Å². The number of nitrogens with two attached hydrogens (primary N) is 1. The lowest BCUT2D eigenvalue weighted by Crippen LogP contribution is -2.32. The third kappa shape index (κ3) is 4.49. The van der Waals surface area contributed by atoms with Crippen molar-refractivity contribution < 1.29 is 4.79 Å². The summed E-state index contributed by atoms with van der Waals surface area (Å²) >= 11 is 0. The van der Waals surface area contributed by atoms with Crippen LogP contribution in [0.5, 0.6) is 0 Å². The van der Waals surface area contributed by atoms with Gasteiger partial charge < -0.3 is 11.1 Å². The second-order valence-electron chi connectivity index (χ2n) is 3.97. The standard InChI is InChI=1S/C13H18N2O.ClH/c1-4-5-10(3)15-13(16)12-8-11(14)7-6-9(12)2;/h4,6-8,10H,1,5,14H2,2-3H3,(H,15,16);1H. The summed E-state index contributed by atoms with van der Waals surface area (Å²) in [6.07, 6.45) is 2.55. The van der Waals surface area contributed by atoms with E-state index in [1.54, 1.807) is 18.2 Å². The lowest BCUT2D eigenvalue weighted by Gasteiger charge is -2.13. The monoisotopic (exact) mass is 254 g/mol. The molecule has 0 saturated carbocycles. The van der Waals surface area contributed by atoms with Gasteiger partial charge in [-0.05, 0) is 38.0 Å². The van der Waals surface area contributed by atoms with E-state index in [0.717, 1.165) is 12.0 Å². The number of benzene rings is 1. The predicted molar refractivity (Wildman–Crippen MR) is 74.6 cm³/mol. The van der Waals surface area contributed by atoms with Crippen molar-refractivity contribution in [1.29, 1.82) is 0 Å². The maximum absolute atomic E-state index is 11.9. The first-order valence-electron chi connectivity index (χ1n) is 5.32. The average Bonchev–Trinajstić information content (AvgIpc) is 2.21. The molecule has 1 rings (SSSR count). The van der Waals surface area contributed by atoms with Gasteiger partial charge in [-0.2, -0.15) is 0 Å². The van der Waals surface area contributed by atoms with Crippen LogP contribution in [0.25, 0.3) is 0 Å². The van der Waals surface area contributed by atoms with Gasteiger partial charge in [0.1, 0.15) is 0 Å². The summed E-state index contributed by atoms with van der Waals surface area (Å²) in [6, 6.07) is 5.43. The summed E-state index contributed by atoms with van der Waals surface area (Å²) in [6.45, 7) is 7.48. The highest BCUT2D eigenvalue weighted by Crippen LogP contribution is 2.12. The van der Waals surface area contributed by atoms with Crippen LogP contribution in [0.2, 0.25) is 0 Å². The van der Waals surface area contributed by atoms with Crippen molar-refractivity contribution in [2.24, 2.45) is 0 Å². The molecule has 0 aliphatic heterocycles. The minimum absolute atomic E-state index is 0. The van der Waals surface area contributed by atoms with Gasteiger partial charge in [0, 0.05) is 17.3 Å². The zero-order valence-electron chi connectivity index (χ0n) is 10.2. The van der Waals surface area contributed by atoms with Gasteiger partial charge in [0.2, 0.25) is 0 Å². The minimum Gasteiger partial charge on any atom is -0.399 e. The molecular formula is C13H19ClN2O. The fraction of sp³-hybridized carbons (Fsp3) is 0.308. The number of amides is 1.